The van der Waals surface area contributed by atoms with E-state index in [1.54, 1.807) is 18.3 Å². The molecule has 0 aliphatic carbocycles. The Hall–Kier alpha value is -1.79. The van der Waals surface area contributed by atoms with Gasteiger partial charge in [-0.2, -0.15) is 0 Å². The number of hydrogen-bond donors (Lipinski definition) is 2. The summed E-state index contributed by atoms with van der Waals surface area (Å²) in [6, 6.07) is 7.09. The fraction of sp³-hybridized carbons (Fsp3) is 0.412. The zero-order valence-electron chi connectivity index (χ0n) is 13.0. The molecule has 2 N–H and O–H groups in total. The van der Waals surface area contributed by atoms with Crippen molar-refractivity contribution in [3.8, 4) is 0 Å². The Kier molecular flexibility index (Phi) is 5.03. The van der Waals surface area contributed by atoms with Crippen LogP contribution in [0.5, 0.6) is 0 Å². The van der Waals surface area contributed by atoms with Gasteiger partial charge >= 0.3 is 0 Å². The number of nitrogens with one attached hydrogen (secondary N) is 2. The van der Waals surface area contributed by atoms with Gasteiger partial charge in [-0.15, -0.1) is 11.3 Å². The molecule has 0 radical (unpaired) electrons. The summed E-state index contributed by atoms with van der Waals surface area (Å²) in [5.74, 6) is -0.148. The Labute approximate surface area is 139 Å². The molecule has 1 saturated heterocycles. The molecule has 0 unspecified atom stereocenters. The maximum atomic E-state index is 13.7. The molecule has 2 atom stereocenters. The number of hydrogen-bond acceptors (Lipinski definition) is 4. The highest BCUT2D eigenvalue weighted by molar-refractivity contribution is 7.15. The lowest BCUT2D eigenvalue weighted by Gasteiger charge is -2.26. The van der Waals surface area contributed by atoms with Crippen molar-refractivity contribution in [1.82, 2.24) is 10.3 Å². The van der Waals surface area contributed by atoms with E-state index in [-0.39, 0.29) is 17.6 Å². The third kappa shape index (κ3) is 4.14. The molecular formula is C17H20FN3OS. The molecule has 2 heterocycles. The molecule has 1 aromatic carbocycles. The highest BCUT2D eigenvalue weighted by atomic mass is 32.1. The van der Waals surface area contributed by atoms with E-state index in [1.807, 2.05) is 6.07 Å². The lowest BCUT2D eigenvalue weighted by Crippen LogP contribution is -2.40. The van der Waals surface area contributed by atoms with Crippen LogP contribution < -0.4 is 10.6 Å². The van der Waals surface area contributed by atoms with Crippen LogP contribution in [0.4, 0.5) is 9.52 Å². The van der Waals surface area contributed by atoms with Gasteiger partial charge in [-0.05, 0) is 37.9 Å². The van der Waals surface area contributed by atoms with Crippen LogP contribution >= 0.6 is 11.3 Å². The second-order valence-corrected chi connectivity index (χ2v) is 7.08. The Balaban J connectivity index is 1.61. The van der Waals surface area contributed by atoms with Crippen molar-refractivity contribution in [2.75, 3.05) is 11.9 Å². The van der Waals surface area contributed by atoms with Gasteiger partial charge in [-0.3, -0.25) is 4.79 Å². The van der Waals surface area contributed by atoms with E-state index >= 15 is 0 Å². The van der Waals surface area contributed by atoms with Crippen LogP contribution in [0, 0.1) is 11.7 Å². The van der Waals surface area contributed by atoms with Crippen molar-refractivity contribution in [2.45, 2.75) is 32.2 Å². The molecule has 4 nitrogen and oxygen atoms in total. The summed E-state index contributed by atoms with van der Waals surface area (Å²) in [5.41, 5.74) is 0.640. The molecule has 0 spiro atoms. The van der Waals surface area contributed by atoms with Gasteiger partial charge in [0, 0.05) is 29.5 Å². The molecule has 0 saturated carbocycles. The van der Waals surface area contributed by atoms with E-state index < -0.39 is 0 Å². The van der Waals surface area contributed by atoms with E-state index in [1.165, 1.54) is 17.4 Å². The first-order valence-electron chi connectivity index (χ1n) is 7.84. The quantitative estimate of drug-likeness (QED) is 0.903. The minimum absolute atomic E-state index is 0.0325. The van der Waals surface area contributed by atoms with Crippen LogP contribution in [0.2, 0.25) is 0 Å². The fourth-order valence-electron chi connectivity index (χ4n) is 2.85. The number of amides is 1. The molecule has 1 aromatic heterocycles. The monoisotopic (exact) mass is 333 g/mol. The molecule has 1 aliphatic heterocycles. The number of carbonyl (C=O) groups excluding carboxylic acids is 1. The summed E-state index contributed by atoms with van der Waals surface area (Å²) < 4.78 is 13.7. The van der Waals surface area contributed by atoms with Crippen molar-refractivity contribution >= 4 is 22.4 Å². The molecular weight excluding hydrogens is 313 g/mol. The fourth-order valence-corrected chi connectivity index (χ4v) is 3.69. The van der Waals surface area contributed by atoms with Crippen LogP contribution in [0.15, 0.2) is 30.5 Å². The van der Waals surface area contributed by atoms with Crippen molar-refractivity contribution in [3.05, 3.63) is 46.7 Å². The SMILES string of the molecule is C[C@H]1C[C@@H](C(=O)Nc2ncc(Cc3ccccc3F)s2)CCN1. The van der Waals surface area contributed by atoms with Gasteiger partial charge in [0.05, 0.1) is 0 Å². The number of aromatic nitrogens is 1. The summed E-state index contributed by atoms with van der Waals surface area (Å²) >= 11 is 1.40. The van der Waals surface area contributed by atoms with Gasteiger partial charge in [0.15, 0.2) is 5.13 Å². The number of piperidine rings is 1. The highest BCUT2D eigenvalue weighted by Gasteiger charge is 2.25. The molecule has 1 fully saturated rings. The zero-order chi connectivity index (χ0) is 16.2. The number of rotatable bonds is 4. The lowest BCUT2D eigenvalue weighted by molar-refractivity contribution is -0.120. The Morgan fingerprint density at radius 1 is 1.48 bits per heavy atom. The van der Waals surface area contributed by atoms with Crippen LogP contribution in [0.1, 0.15) is 30.2 Å². The molecule has 23 heavy (non-hydrogen) atoms. The standard InChI is InChI=1S/C17H20FN3OS/c1-11-8-13(6-7-19-11)16(22)21-17-20-10-14(23-17)9-12-4-2-3-5-15(12)18/h2-5,10-11,13,19H,6-9H2,1H3,(H,20,21,22)/t11-,13-/m0/s1. The summed E-state index contributed by atoms with van der Waals surface area (Å²) in [5, 5.41) is 6.83. The summed E-state index contributed by atoms with van der Waals surface area (Å²) in [6.07, 6.45) is 3.89. The normalized spacial score (nSPS) is 21.1. The number of benzene rings is 1. The molecule has 6 heteroatoms. The molecule has 2 aromatic rings. The number of carbonyl (C=O) groups is 1. The molecule has 1 aliphatic rings. The van der Waals surface area contributed by atoms with E-state index in [0.29, 0.717) is 23.2 Å². The molecule has 1 amide bonds. The largest absolute Gasteiger partial charge is 0.314 e. The summed E-state index contributed by atoms with van der Waals surface area (Å²) in [4.78, 5) is 17.5. The molecule has 0 bridgehead atoms. The number of thiazole rings is 1. The third-order valence-corrected chi connectivity index (χ3v) is 5.01. The van der Waals surface area contributed by atoms with Gasteiger partial charge in [-0.25, -0.2) is 9.37 Å². The van der Waals surface area contributed by atoms with Gasteiger partial charge in [0.2, 0.25) is 5.91 Å². The first-order valence-corrected chi connectivity index (χ1v) is 8.66. The van der Waals surface area contributed by atoms with Crippen LogP contribution in [-0.2, 0) is 11.2 Å². The van der Waals surface area contributed by atoms with E-state index in [4.69, 9.17) is 0 Å². The lowest BCUT2D eigenvalue weighted by atomic mass is 9.93. The first kappa shape index (κ1) is 16.1. The van der Waals surface area contributed by atoms with Gasteiger partial charge < -0.3 is 10.6 Å². The molecule has 122 valence electrons. The van der Waals surface area contributed by atoms with E-state index in [0.717, 1.165) is 24.3 Å². The second kappa shape index (κ2) is 7.19. The average Bonchev–Trinajstić information content (AvgIpc) is 2.97. The van der Waals surface area contributed by atoms with E-state index in [2.05, 4.69) is 22.5 Å². The van der Waals surface area contributed by atoms with Crippen LogP contribution in [0.3, 0.4) is 0 Å². The number of anilines is 1. The highest BCUT2D eigenvalue weighted by Crippen LogP contribution is 2.24. The third-order valence-electron chi connectivity index (χ3n) is 4.10. The van der Waals surface area contributed by atoms with E-state index in [9.17, 15) is 9.18 Å². The first-order chi connectivity index (χ1) is 11.1. The van der Waals surface area contributed by atoms with Crippen molar-refractivity contribution in [3.63, 3.8) is 0 Å². The topological polar surface area (TPSA) is 54.0 Å². The number of halogens is 1. The van der Waals surface area contributed by atoms with Crippen molar-refractivity contribution in [2.24, 2.45) is 5.92 Å². The Morgan fingerprint density at radius 3 is 3.09 bits per heavy atom. The number of nitrogens with zero attached hydrogens (tertiary/aromatic N) is 1. The predicted octanol–water partition coefficient (Wildman–Crippen LogP) is 3.20. The Bertz CT molecular complexity index is 688. The molecule has 3 rings (SSSR count). The maximum Gasteiger partial charge on any atom is 0.229 e. The van der Waals surface area contributed by atoms with Gasteiger partial charge in [0.1, 0.15) is 5.82 Å². The van der Waals surface area contributed by atoms with Crippen LogP contribution in [-0.4, -0.2) is 23.5 Å². The predicted molar refractivity (Wildman–Crippen MR) is 90.1 cm³/mol. The van der Waals surface area contributed by atoms with Gasteiger partial charge in [-0.1, -0.05) is 18.2 Å². The minimum atomic E-state index is -0.213. The summed E-state index contributed by atoms with van der Waals surface area (Å²) in [7, 11) is 0. The van der Waals surface area contributed by atoms with Gasteiger partial charge in [0.25, 0.3) is 0 Å². The minimum Gasteiger partial charge on any atom is -0.314 e. The maximum absolute atomic E-state index is 13.7. The summed E-state index contributed by atoms with van der Waals surface area (Å²) in [6.45, 7) is 2.96. The van der Waals surface area contributed by atoms with Crippen molar-refractivity contribution < 1.29 is 9.18 Å². The smallest absolute Gasteiger partial charge is 0.229 e. The average molecular weight is 333 g/mol. The second-order valence-electron chi connectivity index (χ2n) is 5.97. The zero-order valence-corrected chi connectivity index (χ0v) is 13.8. The van der Waals surface area contributed by atoms with Crippen molar-refractivity contribution in [1.29, 1.82) is 0 Å². The Morgan fingerprint density at radius 2 is 2.30 bits per heavy atom. The van der Waals surface area contributed by atoms with Crippen LogP contribution in [0.25, 0.3) is 0 Å².